The maximum Gasteiger partial charge on any atom is 0.139 e. The monoisotopic (exact) mass is 374 g/mol. The highest BCUT2D eigenvalue weighted by molar-refractivity contribution is 6.76. The quantitative estimate of drug-likeness (QED) is 0.387. The lowest BCUT2D eigenvalue weighted by atomic mass is 10.1. The number of anilines is 1. The molecule has 0 aliphatic carbocycles. The minimum Gasteiger partial charge on any atom is -0.397 e. The van der Waals surface area contributed by atoms with Crippen molar-refractivity contribution >= 4 is 36.3 Å². The van der Waals surface area contributed by atoms with Crippen LogP contribution in [0.15, 0.2) is 36.5 Å². The normalized spacial score (nSPS) is 12.0. The fraction of sp³-hybridized carbons (Fsp3) is 0.333. The molecule has 7 heteroatoms. The van der Waals surface area contributed by atoms with Crippen molar-refractivity contribution in [2.24, 2.45) is 0 Å². The average molecular weight is 375 g/mol. The second-order valence-corrected chi connectivity index (χ2v) is 13.3. The summed E-state index contributed by atoms with van der Waals surface area (Å²) in [5.41, 5.74) is 8.98. The molecule has 0 saturated carbocycles. The highest BCUT2D eigenvalue weighted by atomic mass is 35.5. The Bertz CT molecular complexity index is 888. The van der Waals surface area contributed by atoms with Crippen molar-refractivity contribution in [1.82, 2.24) is 14.8 Å². The fourth-order valence-electron chi connectivity index (χ4n) is 2.45. The molecule has 3 rings (SSSR count). The van der Waals surface area contributed by atoms with Gasteiger partial charge in [-0.25, -0.2) is 9.67 Å². The summed E-state index contributed by atoms with van der Waals surface area (Å²) in [5.74, 6) is 0. The van der Waals surface area contributed by atoms with Gasteiger partial charge in [0.15, 0.2) is 0 Å². The van der Waals surface area contributed by atoms with Gasteiger partial charge in [-0.15, -0.1) is 0 Å². The highest BCUT2D eigenvalue weighted by Gasteiger charge is 2.12. The van der Waals surface area contributed by atoms with E-state index in [4.69, 9.17) is 22.1 Å². The lowest BCUT2D eigenvalue weighted by Crippen LogP contribution is -2.22. The van der Waals surface area contributed by atoms with Crippen molar-refractivity contribution in [3.8, 4) is 11.4 Å². The van der Waals surface area contributed by atoms with Gasteiger partial charge in [-0.05, 0) is 36.4 Å². The first-order valence-electron chi connectivity index (χ1n) is 8.30. The molecule has 5 nitrogen and oxygen atoms in total. The molecule has 0 fully saturated rings. The van der Waals surface area contributed by atoms with Crippen molar-refractivity contribution in [2.45, 2.75) is 32.4 Å². The van der Waals surface area contributed by atoms with Gasteiger partial charge in [0.1, 0.15) is 12.4 Å². The van der Waals surface area contributed by atoms with E-state index in [1.165, 1.54) is 0 Å². The van der Waals surface area contributed by atoms with Crippen LogP contribution in [0.2, 0.25) is 30.7 Å². The maximum absolute atomic E-state index is 6.06. The Morgan fingerprint density at radius 1 is 1.12 bits per heavy atom. The van der Waals surface area contributed by atoms with E-state index in [-0.39, 0.29) is 0 Å². The number of nitrogen functional groups attached to an aromatic ring is 1. The number of nitrogens with zero attached hydrogens (tertiary/aromatic N) is 3. The number of fused-ring (bicyclic) bond motifs is 1. The molecule has 0 amide bonds. The van der Waals surface area contributed by atoms with Crippen molar-refractivity contribution in [2.75, 3.05) is 12.3 Å². The number of nitrogens with two attached hydrogens (primary N) is 1. The van der Waals surface area contributed by atoms with Crippen LogP contribution >= 0.6 is 11.6 Å². The summed E-state index contributed by atoms with van der Waals surface area (Å²) in [6.45, 7) is 8.26. The summed E-state index contributed by atoms with van der Waals surface area (Å²) in [6, 6.07) is 10.6. The topological polar surface area (TPSA) is 66.0 Å². The van der Waals surface area contributed by atoms with Crippen LogP contribution in [0.4, 0.5) is 5.69 Å². The van der Waals surface area contributed by atoms with E-state index in [0.29, 0.717) is 17.4 Å². The SMILES string of the molecule is C[Si](C)(C)CCOCn1ccc(-c2ccc3c(N)c(Cl)ccc3n2)n1. The molecule has 132 valence electrons. The molecule has 0 unspecified atom stereocenters. The Kier molecular flexibility index (Phi) is 5.13. The number of ether oxygens (including phenoxy) is 1. The van der Waals surface area contributed by atoms with Crippen LogP contribution in [0.3, 0.4) is 0 Å². The zero-order valence-corrected chi connectivity index (χ0v) is 16.5. The highest BCUT2D eigenvalue weighted by Crippen LogP contribution is 2.29. The number of benzene rings is 1. The molecular weight excluding hydrogens is 352 g/mol. The van der Waals surface area contributed by atoms with E-state index in [1.54, 1.807) is 10.7 Å². The lowest BCUT2D eigenvalue weighted by molar-refractivity contribution is 0.0787. The third-order valence-corrected chi connectivity index (χ3v) is 6.02. The predicted molar refractivity (Wildman–Crippen MR) is 106 cm³/mol. The largest absolute Gasteiger partial charge is 0.397 e. The molecule has 0 bridgehead atoms. The third kappa shape index (κ3) is 4.39. The lowest BCUT2D eigenvalue weighted by Gasteiger charge is -2.15. The molecule has 2 N–H and O–H groups in total. The van der Waals surface area contributed by atoms with E-state index in [2.05, 4.69) is 29.7 Å². The first-order valence-corrected chi connectivity index (χ1v) is 12.4. The van der Waals surface area contributed by atoms with Crippen LogP contribution in [0.25, 0.3) is 22.3 Å². The van der Waals surface area contributed by atoms with E-state index >= 15 is 0 Å². The zero-order chi connectivity index (χ0) is 18.0. The molecule has 3 aromatic rings. The Labute approximate surface area is 153 Å². The van der Waals surface area contributed by atoms with Crippen molar-refractivity contribution < 1.29 is 4.74 Å². The van der Waals surface area contributed by atoms with Crippen molar-refractivity contribution in [3.05, 3.63) is 41.6 Å². The van der Waals surface area contributed by atoms with Crippen LogP contribution in [-0.2, 0) is 11.5 Å². The van der Waals surface area contributed by atoms with Gasteiger partial charge in [0, 0.05) is 26.3 Å². The van der Waals surface area contributed by atoms with Crippen molar-refractivity contribution in [1.29, 1.82) is 0 Å². The van der Waals surface area contributed by atoms with E-state index in [1.807, 2.05) is 30.5 Å². The van der Waals surface area contributed by atoms with Crippen LogP contribution in [0, 0.1) is 0 Å². The first kappa shape index (κ1) is 17.9. The Morgan fingerprint density at radius 3 is 2.68 bits per heavy atom. The third-order valence-electron chi connectivity index (χ3n) is 3.98. The summed E-state index contributed by atoms with van der Waals surface area (Å²) in [5, 5.41) is 5.94. The number of hydrogen-bond donors (Lipinski definition) is 1. The molecule has 2 heterocycles. The van der Waals surface area contributed by atoms with Gasteiger partial charge in [-0.3, -0.25) is 0 Å². The summed E-state index contributed by atoms with van der Waals surface area (Å²) >= 11 is 6.06. The smallest absolute Gasteiger partial charge is 0.139 e. The molecule has 1 aromatic carbocycles. The van der Waals surface area contributed by atoms with Crippen molar-refractivity contribution in [3.63, 3.8) is 0 Å². The van der Waals surface area contributed by atoms with Gasteiger partial charge in [-0.1, -0.05) is 31.2 Å². The summed E-state index contributed by atoms with van der Waals surface area (Å²) in [7, 11) is -1.06. The first-order chi connectivity index (χ1) is 11.8. The average Bonchev–Trinajstić information content (AvgIpc) is 3.03. The minimum absolute atomic E-state index is 0.459. The molecule has 0 atom stereocenters. The van der Waals surface area contributed by atoms with E-state index in [9.17, 15) is 0 Å². The van der Waals surface area contributed by atoms with Gasteiger partial charge in [0.05, 0.1) is 21.9 Å². The maximum atomic E-state index is 6.06. The van der Waals surface area contributed by atoms with Gasteiger partial charge < -0.3 is 10.5 Å². The predicted octanol–water partition coefficient (Wildman–Crippen LogP) is 4.65. The van der Waals surface area contributed by atoms with Crippen LogP contribution in [-0.4, -0.2) is 29.4 Å². The fourth-order valence-corrected chi connectivity index (χ4v) is 3.37. The van der Waals surface area contributed by atoms with Crippen LogP contribution in [0.5, 0.6) is 0 Å². The summed E-state index contributed by atoms with van der Waals surface area (Å²) < 4.78 is 7.52. The van der Waals surface area contributed by atoms with Gasteiger partial charge in [0.2, 0.25) is 0 Å². The summed E-state index contributed by atoms with van der Waals surface area (Å²) in [6.07, 6.45) is 1.91. The Morgan fingerprint density at radius 2 is 1.92 bits per heavy atom. The van der Waals surface area contributed by atoms with E-state index < -0.39 is 8.07 Å². The van der Waals surface area contributed by atoms with E-state index in [0.717, 1.165) is 34.9 Å². The Hall–Kier alpha value is -1.89. The van der Waals surface area contributed by atoms with Gasteiger partial charge in [-0.2, -0.15) is 5.10 Å². The van der Waals surface area contributed by atoms with Crippen LogP contribution in [0.1, 0.15) is 0 Å². The number of halogens is 1. The number of aromatic nitrogens is 3. The molecule has 0 spiro atoms. The molecule has 0 saturated heterocycles. The van der Waals surface area contributed by atoms with Gasteiger partial charge in [0.25, 0.3) is 0 Å². The number of hydrogen-bond acceptors (Lipinski definition) is 4. The second kappa shape index (κ2) is 7.15. The number of pyridine rings is 1. The van der Waals surface area contributed by atoms with Gasteiger partial charge >= 0.3 is 0 Å². The minimum atomic E-state index is -1.06. The molecule has 25 heavy (non-hydrogen) atoms. The molecule has 0 aliphatic heterocycles. The molecule has 0 radical (unpaired) electrons. The zero-order valence-electron chi connectivity index (χ0n) is 14.8. The molecular formula is C18H23ClN4OSi. The molecule has 2 aromatic heterocycles. The van der Waals surface area contributed by atoms with Crippen LogP contribution < -0.4 is 5.73 Å². The number of rotatable bonds is 6. The summed E-state index contributed by atoms with van der Waals surface area (Å²) in [4.78, 5) is 4.64. The molecule has 0 aliphatic rings. The Balaban J connectivity index is 1.72. The standard InChI is InChI=1S/C18H23ClN4OSi/c1-25(2,3)11-10-24-12-23-9-8-17(22-23)16-6-4-13-15(21-16)7-5-14(19)18(13)20/h4-9H,10-12,20H2,1-3H3. The second-order valence-electron chi connectivity index (χ2n) is 7.31.